The van der Waals surface area contributed by atoms with Crippen LogP contribution in [0.2, 0.25) is 0 Å². The van der Waals surface area contributed by atoms with Crippen LogP contribution >= 0.6 is 0 Å². The molecule has 0 atom stereocenters. The molecule has 58 valence electrons. The second kappa shape index (κ2) is 3.90. The van der Waals surface area contributed by atoms with Crippen molar-refractivity contribution in [1.82, 2.24) is 0 Å². The van der Waals surface area contributed by atoms with Gasteiger partial charge in [-0.1, -0.05) is 0 Å². The van der Waals surface area contributed by atoms with Gasteiger partial charge in [0.25, 0.3) is 0 Å². The molecule has 0 radical (unpaired) electrons. The van der Waals surface area contributed by atoms with Crippen LogP contribution in [0.1, 0.15) is 13.3 Å². The van der Waals surface area contributed by atoms with Crippen molar-refractivity contribution in [2.75, 3.05) is 6.61 Å². The lowest BCUT2D eigenvalue weighted by Gasteiger charge is -1.98. The van der Waals surface area contributed by atoms with Gasteiger partial charge in [0.2, 0.25) is 5.76 Å². The van der Waals surface area contributed by atoms with Gasteiger partial charge >= 0.3 is 5.97 Å². The van der Waals surface area contributed by atoms with E-state index < -0.39 is 11.7 Å². The van der Waals surface area contributed by atoms with Crippen LogP contribution in [0.3, 0.4) is 0 Å². The molecular formula is C6H10O4. The highest BCUT2D eigenvalue weighted by Gasteiger charge is 2.07. The number of hydrogen-bond acceptors (Lipinski definition) is 3. The predicted octanol–water partition coefficient (Wildman–Crippen LogP) is 0.285. The number of aliphatic hydroxyl groups is 2. The molecule has 4 nitrogen and oxygen atoms in total. The molecule has 0 rings (SSSR count). The molecule has 4 heteroatoms. The van der Waals surface area contributed by atoms with E-state index in [2.05, 4.69) is 0 Å². The third-order valence-corrected chi connectivity index (χ3v) is 1.09. The summed E-state index contributed by atoms with van der Waals surface area (Å²) in [7, 11) is 0. The van der Waals surface area contributed by atoms with Crippen molar-refractivity contribution in [3.05, 3.63) is 11.3 Å². The molecule has 0 aromatic carbocycles. The third-order valence-electron chi connectivity index (χ3n) is 1.09. The zero-order valence-electron chi connectivity index (χ0n) is 5.66. The summed E-state index contributed by atoms with van der Waals surface area (Å²) in [6.45, 7) is 1.31. The number of carboxylic acid groups (broad SMARTS) is 1. The van der Waals surface area contributed by atoms with Crippen molar-refractivity contribution in [1.29, 1.82) is 0 Å². The van der Waals surface area contributed by atoms with Gasteiger partial charge in [-0.2, -0.15) is 0 Å². The maximum atomic E-state index is 10.0. The van der Waals surface area contributed by atoms with Gasteiger partial charge in [-0.15, -0.1) is 0 Å². The fourth-order valence-electron chi connectivity index (χ4n) is 0.469. The van der Waals surface area contributed by atoms with Crippen molar-refractivity contribution in [2.24, 2.45) is 0 Å². The monoisotopic (exact) mass is 146 g/mol. The molecule has 0 bridgehead atoms. The summed E-state index contributed by atoms with van der Waals surface area (Å²) in [5.41, 5.74) is 0.287. The Hall–Kier alpha value is -1.03. The molecule has 3 N–H and O–H groups in total. The number of carboxylic acids is 1. The Morgan fingerprint density at radius 1 is 1.40 bits per heavy atom. The highest BCUT2D eigenvalue weighted by molar-refractivity contribution is 5.84. The van der Waals surface area contributed by atoms with Crippen molar-refractivity contribution in [3.63, 3.8) is 0 Å². The predicted molar refractivity (Wildman–Crippen MR) is 34.7 cm³/mol. The van der Waals surface area contributed by atoms with E-state index >= 15 is 0 Å². The molecule has 0 aliphatic carbocycles. The van der Waals surface area contributed by atoms with Crippen molar-refractivity contribution < 1.29 is 20.1 Å². The molecule has 0 amide bonds. The van der Waals surface area contributed by atoms with Gasteiger partial charge < -0.3 is 15.3 Å². The number of carbonyl (C=O) groups is 1. The highest BCUT2D eigenvalue weighted by atomic mass is 16.4. The van der Waals surface area contributed by atoms with Crippen LogP contribution in [0.25, 0.3) is 0 Å². The molecule has 10 heavy (non-hydrogen) atoms. The van der Waals surface area contributed by atoms with E-state index in [1.54, 1.807) is 0 Å². The maximum Gasteiger partial charge on any atom is 0.370 e. The fourth-order valence-corrected chi connectivity index (χ4v) is 0.469. The van der Waals surface area contributed by atoms with Crippen LogP contribution in [0.4, 0.5) is 0 Å². The van der Waals surface area contributed by atoms with Crippen molar-refractivity contribution in [3.8, 4) is 0 Å². The van der Waals surface area contributed by atoms with E-state index in [1.165, 1.54) is 6.92 Å². The van der Waals surface area contributed by atoms with Crippen molar-refractivity contribution in [2.45, 2.75) is 13.3 Å². The Labute approximate surface area is 58.4 Å². The highest BCUT2D eigenvalue weighted by Crippen LogP contribution is 2.04. The summed E-state index contributed by atoms with van der Waals surface area (Å²) < 4.78 is 0. The minimum Gasteiger partial charge on any atom is -0.502 e. The first-order valence-electron chi connectivity index (χ1n) is 2.82. The molecular weight excluding hydrogens is 136 g/mol. The van der Waals surface area contributed by atoms with Crippen LogP contribution in [0, 0.1) is 0 Å². The summed E-state index contributed by atoms with van der Waals surface area (Å²) in [4.78, 5) is 10.0. The second-order valence-corrected chi connectivity index (χ2v) is 1.91. The zero-order chi connectivity index (χ0) is 8.15. The van der Waals surface area contributed by atoms with Gasteiger partial charge in [-0.3, -0.25) is 0 Å². The van der Waals surface area contributed by atoms with Crippen LogP contribution in [-0.2, 0) is 4.79 Å². The molecule has 0 spiro atoms. The van der Waals surface area contributed by atoms with Gasteiger partial charge in [0.15, 0.2) is 0 Å². The van der Waals surface area contributed by atoms with Gasteiger partial charge in [-0.25, -0.2) is 4.79 Å². The van der Waals surface area contributed by atoms with Crippen LogP contribution in [-0.4, -0.2) is 27.9 Å². The van der Waals surface area contributed by atoms with Crippen molar-refractivity contribution >= 4 is 5.97 Å². The first-order valence-corrected chi connectivity index (χ1v) is 2.82. The minimum atomic E-state index is -1.36. The summed E-state index contributed by atoms with van der Waals surface area (Å²) in [5, 5.41) is 25.2. The lowest BCUT2D eigenvalue weighted by atomic mass is 10.2. The number of hydrogen-bond donors (Lipinski definition) is 3. The molecule has 0 saturated carbocycles. The Morgan fingerprint density at radius 2 is 1.90 bits per heavy atom. The molecule has 0 saturated heterocycles. The summed E-state index contributed by atoms with van der Waals surface area (Å²) in [5.74, 6) is -2.03. The zero-order valence-corrected chi connectivity index (χ0v) is 5.66. The molecule has 0 heterocycles. The smallest absolute Gasteiger partial charge is 0.370 e. The lowest BCUT2D eigenvalue weighted by molar-refractivity contribution is -0.135. The maximum absolute atomic E-state index is 10.0. The van der Waals surface area contributed by atoms with Gasteiger partial charge in [0, 0.05) is 6.61 Å². The largest absolute Gasteiger partial charge is 0.502 e. The topological polar surface area (TPSA) is 77.8 Å². The normalized spacial score (nSPS) is 12.6. The number of aliphatic hydroxyl groups excluding tert-OH is 2. The van der Waals surface area contributed by atoms with E-state index in [0.717, 1.165) is 0 Å². The fraction of sp³-hybridized carbons (Fsp3) is 0.500. The van der Waals surface area contributed by atoms with E-state index in [0.29, 0.717) is 0 Å². The summed E-state index contributed by atoms with van der Waals surface area (Å²) in [6, 6.07) is 0. The van der Waals surface area contributed by atoms with Crippen LogP contribution in [0.15, 0.2) is 11.3 Å². The molecule has 0 unspecified atom stereocenters. The molecule has 0 aliphatic heterocycles. The third kappa shape index (κ3) is 2.50. The Balaban J connectivity index is 4.19. The van der Waals surface area contributed by atoms with Gasteiger partial charge in [0.1, 0.15) is 0 Å². The Kier molecular flexibility index (Phi) is 3.49. The SMILES string of the molecule is C/C(CCO)=C(\O)C(=O)O. The molecule has 0 aliphatic rings. The Morgan fingerprint density at radius 3 is 2.20 bits per heavy atom. The first kappa shape index (κ1) is 8.97. The second-order valence-electron chi connectivity index (χ2n) is 1.91. The first-order chi connectivity index (χ1) is 4.59. The standard InChI is InChI=1S/C6H10O4/c1-4(2-3-7)5(8)6(9)10/h7-8H,2-3H2,1H3,(H,9,10)/b5-4+. The number of aliphatic carboxylic acids is 1. The average Bonchev–Trinajstić information content (AvgIpc) is 1.87. The number of rotatable bonds is 3. The average molecular weight is 146 g/mol. The summed E-state index contributed by atoms with van der Waals surface area (Å²) in [6.07, 6.45) is 0.193. The van der Waals surface area contributed by atoms with Gasteiger partial charge in [0.05, 0.1) is 0 Å². The van der Waals surface area contributed by atoms with Crippen LogP contribution < -0.4 is 0 Å². The molecule has 0 aromatic rings. The van der Waals surface area contributed by atoms with E-state index in [-0.39, 0.29) is 18.6 Å². The van der Waals surface area contributed by atoms with E-state index in [4.69, 9.17) is 15.3 Å². The van der Waals surface area contributed by atoms with E-state index in [1.807, 2.05) is 0 Å². The minimum absolute atomic E-state index is 0.150. The summed E-state index contributed by atoms with van der Waals surface area (Å²) >= 11 is 0. The Bertz CT molecular complexity index is 159. The molecule has 0 fully saturated rings. The quantitative estimate of drug-likeness (QED) is 0.395. The molecule has 0 aromatic heterocycles. The van der Waals surface area contributed by atoms with Gasteiger partial charge in [-0.05, 0) is 18.9 Å². The lowest BCUT2D eigenvalue weighted by Crippen LogP contribution is -2.03. The van der Waals surface area contributed by atoms with Crippen LogP contribution in [0.5, 0.6) is 0 Å². The van der Waals surface area contributed by atoms with E-state index in [9.17, 15) is 4.79 Å².